The number of anilines is 1. The second-order valence-corrected chi connectivity index (χ2v) is 9.56. The Labute approximate surface area is 210 Å². The number of carbonyl (C=O) groups is 1. The molecule has 1 aliphatic rings. The largest absolute Gasteiger partial charge is 0.273 e. The number of aryl methyl sites for hydroxylation is 1. The maximum atomic E-state index is 12.4. The van der Waals surface area contributed by atoms with Gasteiger partial charge in [0, 0.05) is 21.8 Å². The topological polar surface area (TPSA) is 62.9 Å². The van der Waals surface area contributed by atoms with E-state index in [0.29, 0.717) is 10.9 Å². The third-order valence-electron chi connectivity index (χ3n) is 5.28. The van der Waals surface area contributed by atoms with Gasteiger partial charge in [0.05, 0.1) is 23.3 Å². The minimum absolute atomic E-state index is 0.00597. The van der Waals surface area contributed by atoms with Crippen molar-refractivity contribution in [3.8, 4) is 16.9 Å². The number of amides is 1. The molecule has 1 fully saturated rings. The Morgan fingerprint density at radius 1 is 0.971 bits per heavy atom. The molecule has 8 heteroatoms. The normalized spacial score (nSPS) is 15.1. The smallest absolute Gasteiger partial charge is 0.243 e. The number of amidine groups is 1. The fraction of sp³-hybridized carbons (Fsp3) is 0.0769. The highest BCUT2D eigenvalue weighted by Crippen LogP contribution is 2.27. The van der Waals surface area contributed by atoms with Crippen LogP contribution in [0.1, 0.15) is 11.1 Å². The lowest BCUT2D eigenvalue weighted by Crippen LogP contribution is -2.28. The number of benzene rings is 3. The molecule has 0 unspecified atom stereocenters. The summed E-state index contributed by atoms with van der Waals surface area (Å²) in [5, 5.41) is 14.1. The van der Waals surface area contributed by atoms with Crippen LogP contribution in [0.4, 0.5) is 5.69 Å². The van der Waals surface area contributed by atoms with Crippen LogP contribution < -0.4 is 4.90 Å². The zero-order valence-corrected chi connectivity index (χ0v) is 20.7. The monoisotopic (exact) mass is 529 g/mol. The molecule has 0 aliphatic carbocycles. The van der Waals surface area contributed by atoms with Crippen LogP contribution in [0.15, 0.2) is 99.7 Å². The summed E-state index contributed by atoms with van der Waals surface area (Å²) in [7, 11) is 0. The highest BCUT2D eigenvalue weighted by Gasteiger charge is 2.29. The molecule has 1 saturated heterocycles. The highest BCUT2D eigenvalue weighted by atomic mass is 79.9. The van der Waals surface area contributed by atoms with Crippen molar-refractivity contribution in [1.29, 1.82) is 0 Å². The van der Waals surface area contributed by atoms with E-state index >= 15 is 0 Å². The second kappa shape index (κ2) is 9.79. The third kappa shape index (κ3) is 4.73. The van der Waals surface area contributed by atoms with Crippen molar-refractivity contribution in [3.05, 3.63) is 101 Å². The molecule has 2 heterocycles. The van der Waals surface area contributed by atoms with Crippen LogP contribution in [0.3, 0.4) is 0 Å². The molecular formula is C26H20BrN5OS. The predicted molar refractivity (Wildman–Crippen MR) is 143 cm³/mol. The van der Waals surface area contributed by atoms with Gasteiger partial charge in [-0.1, -0.05) is 75.7 Å². The molecule has 1 amide bonds. The number of nitrogens with zero attached hydrogens (tertiary/aromatic N) is 5. The Kier molecular flexibility index (Phi) is 6.42. The van der Waals surface area contributed by atoms with Gasteiger partial charge >= 0.3 is 0 Å². The van der Waals surface area contributed by atoms with Crippen molar-refractivity contribution < 1.29 is 4.79 Å². The maximum absolute atomic E-state index is 12.4. The molecule has 4 aromatic rings. The molecule has 5 rings (SSSR count). The van der Waals surface area contributed by atoms with E-state index in [-0.39, 0.29) is 5.91 Å². The molecule has 168 valence electrons. The third-order valence-corrected chi connectivity index (χ3v) is 6.72. The van der Waals surface area contributed by atoms with Crippen molar-refractivity contribution in [2.45, 2.75) is 6.92 Å². The summed E-state index contributed by atoms with van der Waals surface area (Å²) >= 11 is 4.86. The summed E-state index contributed by atoms with van der Waals surface area (Å²) < 4.78 is 2.84. The first kappa shape index (κ1) is 22.3. The quantitative estimate of drug-likeness (QED) is 0.232. The standard InChI is InChI=1S/C26H20BrN5OS/c1-18-7-9-19(10-8-18)25-20(16-31(30-25)22-13-11-21(27)12-14-22)15-28-29-26-32(24(33)17-34-26)23-5-3-2-4-6-23/h2-16H,17H2,1H3. The molecule has 3 aromatic carbocycles. The van der Waals surface area contributed by atoms with Gasteiger partial charge in [-0.25, -0.2) is 4.68 Å². The Morgan fingerprint density at radius 2 is 1.71 bits per heavy atom. The van der Waals surface area contributed by atoms with E-state index in [1.165, 1.54) is 17.3 Å². The van der Waals surface area contributed by atoms with Gasteiger partial charge in [-0.2, -0.15) is 10.2 Å². The fourth-order valence-corrected chi connectivity index (χ4v) is 4.64. The number of para-hydroxylation sites is 1. The summed E-state index contributed by atoms with van der Waals surface area (Å²) in [4.78, 5) is 14.0. The van der Waals surface area contributed by atoms with Crippen LogP contribution in [0, 0.1) is 6.92 Å². The van der Waals surface area contributed by atoms with Gasteiger partial charge in [-0.3, -0.25) is 9.69 Å². The van der Waals surface area contributed by atoms with Gasteiger partial charge < -0.3 is 0 Å². The molecule has 34 heavy (non-hydrogen) atoms. The van der Waals surface area contributed by atoms with Crippen LogP contribution >= 0.6 is 27.7 Å². The Bertz CT molecular complexity index is 1380. The number of hydrogen-bond donors (Lipinski definition) is 0. The SMILES string of the molecule is Cc1ccc(-c2nn(-c3ccc(Br)cc3)cc2C=NN=C2SCC(=O)N2c2ccccc2)cc1. The van der Waals surface area contributed by atoms with Crippen molar-refractivity contribution in [3.63, 3.8) is 0 Å². The first-order chi connectivity index (χ1) is 16.6. The van der Waals surface area contributed by atoms with Crippen LogP contribution in [0.5, 0.6) is 0 Å². The minimum Gasteiger partial charge on any atom is -0.273 e. The van der Waals surface area contributed by atoms with Gasteiger partial charge in [0.1, 0.15) is 5.69 Å². The molecule has 1 aromatic heterocycles. The molecule has 0 N–H and O–H groups in total. The summed E-state index contributed by atoms with van der Waals surface area (Å²) in [6.45, 7) is 2.06. The Hall–Kier alpha value is -3.49. The lowest BCUT2D eigenvalue weighted by atomic mass is 10.1. The molecule has 0 spiro atoms. The lowest BCUT2D eigenvalue weighted by molar-refractivity contribution is -0.115. The molecule has 0 bridgehead atoms. The summed E-state index contributed by atoms with van der Waals surface area (Å²) in [5.41, 5.74) is 5.54. The number of aromatic nitrogens is 2. The van der Waals surface area contributed by atoms with E-state index in [1.54, 1.807) is 11.1 Å². The molecule has 1 aliphatic heterocycles. The van der Waals surface area contributed by atoms with Crippen LogP contribution in [-0.2, 0) is 4.79 Å². The van der Waals surface area contributed by atoms with Crippen LogP contribution in [-0.4, -0.2) is 32.8 Å². The minimum atomic E-state index is -0.00597. The van der Waals surface area contributed by atoms with E-state index in [0.717, 1.165) is 32.7 Å². The van der Waals surface area contributed by atoms with E-state index < -0.39 is 0 Å². The van der Waals surface area contributed by atoms with Gasteiger partial charge in [0.2, 0.25) is 5.91 Å². The molecular weight excluding hydrogens is 510 g/mol. The average Bonchev–Trinajstić information content (AvgIpc) is 3.44. The number of halogens is 1. The Morgan fingerprint density at radius 3 is 2.44 bits per heavy atom. The number of carbonyl (C=O) groups excluding carboxylic acids is 1. The van der Waals surface area contributed by atoms with Crippen molar-refractivity contribution in [1.82, 2.24) is 9.78 Å². The van der Waals surface area contributed by atoms with Gasteiger partial charge in [-0.05, 0) is 43.3 Å². The molecule has 0 atom stereocenters. The van der Waals surface area contributed by atoms with E-state index in [2.05, 4.69) is 57.3 Å². The second-order valence-electron chi connectivity index (χ2n) is 7.70. The summed E-state index contributed by atoms with van der Waals surface area (Å²) in [6.07, 6.45) is 3.63. The first-order valence-electron chi connectivity index (χ1n) is 10.6. The Balaban J connectivity index is 1.50. The van der Waals surface area contributed by atoms with Gasteiger partial charge in [0.15, 0.2) is 5.17 Å². The lowest BCUT2D eigenvalue weighted by Gasteiger charge is -2.14. The number of rotatable bonds is 5. The van der Waals surface area contributed by atoms with Crippen molar-refractivity contribution in [2.24, 2.45) is 10.2 Å². The molecule has 0 radical (unpaired) electrons. The van der Waals surface area contributed by atoms with Gasteiger partial charge in [0.25, 0.3) is 0 Å². The van der Waals surface area contributed by atoms with Crippen LogP contribution in [0.2, 0.25) is 0 Å². The van der Waals surface area contributed by atoms with Crippen LogP contribution in [0.25, 0.3) is 16.9 Å². The fourth-order valence-electron chi connectivity index (χ4n) is 3.55. The van der Waals surface area contributed by atoms with E-state index in [4.69, 9.17) is 5.10 Å². The van der Waals surface area contributed by atoms with E-state index in [9.17, 15) is 4.79 Å². The van der Waals surface area contributed by atoms with Gasteiger partial charge in [-0.15, -0.1) is 5.10 Å². The predicted octanol–water partition coefficient (Wildman–Crippen LogP) is 6.08. The summed E-state index contributed by atoms with van der Waals surface area (Å²) in [6, 6.07) is 25.7. The maximum Gasteiger partial charge on any atom is 0.243 e. The first-order valence-corrected chi connectivity index (χ1v) is 12.4. The zero-order chi connectivity index (χ0) is 23.5. The molecule has 6 nitrogen and oxygen atoms in total. The molecule has 0 saturated carbocycles. The summed E-state index contributed by atoms with van der Waals surface area (Å²) in [5.74, 6) is 0.341. The van der Waals surface area contributed by atoms with E-state index in [1.807, 2.05) is 65.5 Å². The average molecular weight is 530 g/mol. The van der Waals surface area contributed by atoms with Crippen molar-refractivity contribution in [2.75, 3.05) is 10.7 Å². The number of thioether (sulfide) groups is 1. The van der Waals surface area contributed by atoms with Crippen molar-refractivity contribution >= 4 is 50.7 Å². The number of hydrogen-bond acceptors (Lipinski definition) is 5. The highest BCUT2D eigenvalue weighted by molar-refractivity contribution is 9.10. The zero-order valence-electron chi connectivity index (χ0n) is 18.3.